The fourth-order valence-electron chi connectivity index (χ4n) is 3.07. The number of halogens is 1. The highest BCUT2D eigenvalue weighted by Crippen LogP contribution is 2.42. The van der Waals surface area contributed by atoms with Crippen molar-refractivity contribution in [2.45, 2.75) is 18.8 Å². The van der Waals surface area contributed by atoms with Gasteiger partial charge < -0.3 is 0 Å². The zero-order valence-corrected chi connectivity index (χ0v) is 13.5. The Labute approximate surface area is 136 Å². The van der Waals surface area contributed by atoms with Gasteiger partial charge in [0.25, 0.3) is 0 Å². The molecule has 0 bridgehead atoms. The summed E-state index contributed by atoms with van der Waals surface area (Å²) < 4.78 is 0.852. The van der Waals surface area contributed by atoms with Crippen LogP contribution in [0.5, 0.6) is 0 Å². The third-order valence-electron chi connectivity index (χ3n) is 4.04. The second kappa shape index (κ2) is 5.29. The van der Waals surface area contributed by atoms with Crippen molar-refractivity contribution in [3.05, 3.63) is 69.7 Å². The standard InChI is InChI=1S/C18H13BrO3/c1-11(20)10-18(12-6-8-13(19)9-7-12)16(21)14-4-2-3-5-15(14)17(18)22/h2-9H,10H2,1H3. The van der Waals surface area contributed by atoms with Crippen LogP contribution in [0.2, 0.25) is 0 Å². The van der Waals surface area contributed by atoms with Crippen molar-refractivity contribution >= 4 is 33.3 Å². The van der Waals surface area contributed by atoms with Crippen LogP contribution in [0.1, 0.15) is 39.6 Å². The van der Waals surface area contributed by atoms with E-state index >= 15 is 0 Å². The van der Waals surface area contributed by atoms with Crippen molar-refractivity contribution in [3.8, 4) is 0 Å². The molecular formula is C18H13BrO3. The number of rotatable bonds is 3. The largest absolute Gasteiger partial charge is 0.300 e. The summed E-state index contributed by atoms with van der Waals surface area (Å²) in [5.74, 6) is -0.756. The SMILES string of the molecule is CC(=O)CC1(c2ccc(Br)cc2)C(=O)c2ccccc2C1=O. The first kappa shape index (κ1) is 14.9. The first-order chi connectivity index (χ1) is 10.5. The number of hydrogen-bond acceptors (Lipinski definition) is 3. The monoisotopic (exact) mass is 356 g/mol. The van der Waals surface area contributed by atoms with Crippen LogP contribution in [-0.4, -0.2) is 17.3 Å². The van der Waals surface area contributed by atoms with Crippen LogP contribution in [0.3, 0.4) is 0 Å². The molecule has 4 heteroatoms. The van der Waals surface area contributed by atoms with Gasteiger partial charge in [-0.2, -0.15) is 0 Å². The molecule has 0 atom stereocenters. The molecule has 0 fully saturated rings. The molecule has 1 aliphatic rings. The lowest BCUT2D eigenvalue weighted by molar-refractivity contribution is -0.117. The number of fused-ring (bicyclic) bond motifs is 1. The predicted octanol–water partition coefficient (Wildman–Crippen LogP) is 3.75. The van der Waals surface area contributed by atoms with E-state index in [1.165, 1.54) is 6.92 Å². The summed E-state index contributed by atoms with van der Waals surface area (Å²) in [6.07, 6.45) is -0.110. The summed E-state index contributed by atoms with van der Waals surface area (Å²) >= 11 is 3.34. The third-order valence-corrected chi connectivity index (χ3v) is 4.57. The Hall–Kier alpha value is -2.07. The molecule has 0 spiro atoms. The van der Waals surface area contributed by atoms with Crippen molar-refractivity contribution < 1.29 is 14.4 Å². The van der Waals surface area contributed by atoms with Gasteiger partial charge in [-0.25, -0.2) is 0 Å². The Morgan fingerprint density at radius 1 is 0.955 bits per heavy atom. The smallest absolute Gasteiger partial charge is 0.182 e. The van der Waals surface area contributed by atoms with Crippen molar-refractivity contribution in [1.82, 2.24) is 0 Å². The minimum Gasteiger partial charge on any atom is -0.300 e. The molecule has 0 saturated heterocycles. The molecule has 2 aromatic carbocycles. The van der Waals surface area contributed by atoms with Gasteiger partial charge in [0.15, 0.2) is 11.6 Å². The zero-order chi connectivity index (χ0) is 15.9. The van der Waals surface area contributed by atoms with Crippen LogP contribution in [0.15, 0.2) is 53.0 Å². The molecule has 0 radical (unpaired) electrons. The quantitative estimate of drug-likeness (QED) is 0.787. The van der Waals surface area contributed by atoms with E-state index in [0.717, 1.165) is 4.47 Å². The van der Waals surface area contributed by atoms with Gasteiger partial charge in [0.1, 0.15) is 11.2 Å². The number of hydrogen-bond donors (Lipinski definition) is 0. The van der Waals surface area contributed by atoms with Crippen molar-refractivity contribution in [1.29, 1.82) is 0 Å². The first-order valence-corrected chi connectivity index (χ1v) is 7.70. The zero-order valence-electron chi connectivity index (χ0n) is 11.9. The number of benzene rings is 2. The van der Waals surface area contributed by atoms with Crippen LogP contribution in [-0.2, 0) is 10.2 Å². The van der Waals surface area contributed by atoms with E-state index in [1.54, 1.807) is 48.5 Å². The van der Waals surface area contributed by atoms with Gasteiger partial charge >= 0.3 is 0 Å². The molecule has 0 N–H and O–H groups in total. The summed E-state index contributed by atoms with van der Waals surface area (Å²) in [4.78, 5) is 37.7. The summed E-state index contributed by atoms with van der Waals surface area (Å²) in [7, 11) is 0. The normalized spacial score (nSPS) is 15.7. The Bertz CT molecular complexity index is 755. The molecule has 3 nitrogen and oxygen atoms in total. The minimum atomic E-state index is -1.42. The van der Waals surface area contributed by atoms with Crippen molar-refractivity contribution in [3.63, 3.8) is 0 Å². The lowest BCUT2D eigenvalue weighted by Gasteiger charge is -2.25. The van der Waals surface area contributed by atoms with Gasteiger partial charge in [0.05, 0.1) is 0 Å². The molecule has 22 heavy (non-hydrogen) atoms. The molecule has 0 unspecified atom stereocenters. The summed E-state index contributed by atoms with van der Waals surface area (Å²) in [6, 6.07) is 13.8. The van der Waals surface area contributed by atoms with E-state index < -0.39 is 5.41 Å². The molecule has 0 saturated carbocycles. The average Bonchev–Trinajstić information content (AvgIpc) is 2.71. The van der Waals surface area contributed by atoms with Gasteiger partial charge in [-0.1, -0.05) is 52.3 Å². The Morgan fingerprint density at radius 2 is 1.45 bits per heavy atom. The van der Waals surface area contributed by atoms with Crippen molar-refractivity contribution in [2.75, 3.05) is 0 Å². The second-order valence-corrected chi connectivity index (χ2v) is 6.41. The number of ketones is 3. The maximum atomic E-state index is 13.0. The second-order valence-electron chi connectivity index (χ2n) is 5.49. The maximum absolute atomic E-state index is 13.0. The van der Waals surface area contributed by atoms with Crippen LogP contribution >= 0.6 is 15.9 Å². The lowest BCUT2D eigenvalue weighted by atomic mass is 9.72. The highest BCUT2D eigenvalue weighted by Gasteiger charge is 2.54. The number of carbonyl (C=O) groups is 3. The fourth-order valence-corrected chi connectivity index (χ4v) is 3.34. The molecule has 0 aromatic heterocycles. The molecule has 0 heterocycles. The van der Waals surface area contributed by atoms with E-state index in [1.807, 2.05) is 0 Å². The maximum Gasteiger partial charge on any atom is 0.182 e. The highest BCUT2D eigenvalue weighted by molar-refractivity contribution is 9.10. The van der Waals surface area contributed by atoms with E-state index in [2.05, 4.69) is 15.9 Å². The van der Waals surface area contributed by atoms with Crippen LogP contribution in [0.25, 0.3) is 0 Å². The number of carbonyl (C=O) groups excluding carboxylic acids is 3. The van der Waals surface area contributed by atoms with Crippen LogP contribution in [0, 0.1) is 0 Å². The van der Waals surface area contributed by atoms with E-state index in [0.29, 0.717) is 16.7 Å². The van der Waals surface area contributed by atoms with E-state index in [-0.39, 0.29) is 23.8 Å². The molecule has 1 aliphatic carbocycles. The van der Waals surface area contributed by atoms with Gasteiger partial charge in [-0.3, -0.25) is 14.4 Å². The predicted molar refractivity (Wildman–Crippen MR) is 86.2 cm³/mol. The Morgan fingerprint density at radius 3 is 1.91 bits per heavy atom. The van der Waals surface area contributed by atoms with Crippen LogP contribution in [0.4, 0.5) is 0 Å². The molecule has 0 amide bonds. The molecule has 3 rings (SSSR count). The molecular weight excluding hydrogens is 344 g/mol. The first-order valence-electron chi connectivity index (χ1n) is 6.91. The Balaban J connectivity index is 2.25. The molecule has 2 aromatic rings. The summed E-state index contributed by atoms with van der Waals surface area (Å²) in [5, 5.41) is 0. The van der Waals surface area contributed by atoms with Crippen LogP contribution < -0.4 is 0 Å². The van der Waals surface area contributed by atoms with E-state index in [9.17, 15) is 14.4 Å². The fraction of sp³-hybridized carbons (Fsp3) is 0.167. The van der Waals surface area contributed by atoms with Gasteiger partial charge in [-0.15, -0.1) is 0 Å². The van der Waals surface area contributed by atoms with Gasteiger partial charge in [0, 0.05) is 22.0 Å². The lowest BCUT2D eigenvalue weighted by Crippen LogP contribution is -2.40. The summed E-state index contributed by atoms with van der Waals surface area (Å²) in [6.45, 7) is 1.41. The number of Topliss-reactive ketones (excluding diaryl/α,β-unsaturated/α-hetero) is 3. The molecule has 0 aliphatic heterocycles. The van der Waals surface area contributed by atoms with E-state index in [4.69, 9.17) is 0 Å². The summed E-state index contributed by atoms with van der Waals surface area (Å²) in [5.41, 5.74) is -0.0543. The van der Waals surface area contributed by atoms with Gasteiger partial charge in [0.2, 0.25) is 0 Å². The van der Waals surface area contributed by atoms with Gasteiger partial charge in [-0.05, 0) is 24.6 Å². The topological polar surface area (TPSA) is 51.2 Å². The minimum absolute atomic E-state index is 0.110. The molecule has 110 valence electrons. The highest BCUT2D eigenvalue weighted by atomic mass is 79.9. The average molecular weight is 357 g/mol. The van der Waals surface area contributed by atoms with Crippen molar-refractivity contribution in [2.24, 2.45) is 0 Å². The Kier molecular flexibility index (Phi) is 3.57. The third kappa shape index (κ3) is 2.06.